The van der Waals surface area contributed by atoms with Gasteiger partial charge in [-0.05, 0) is 55.0 Å². The molecule has 0 aliphatic heterocycles. The van der Waals surface area contributed by atoms with Crippen LogP contribution >= 0.6 is 11.3 Å². The molecule has 0 aromatic carbocycles. The molecule has 1 aliphatic carbocycles. The Balaban J connectivity index is 1.55. The highest BCUT2D eigenvalue weighted by atomic mass is 32.1. The molecular weight excluding hydrogens is 360 g/mol. The van der Waals surface area contributed by atoms with Crippen molar-refractivity contribution in [2.24, 2.45) is 0 Å². The molecule has 0 saturated heterocycles. The second kappa shape index (κ2) is 7.28. The molecule has 1 aliphatic rings. The molecule has 1 saturated carbocycles. The third-order valence-electron chi connectivity index (χ3n) is 4.28. The SMILES string of the molecule is Cc1cc(-c2ccncc2NC(=O)c2ccnc(C(=O)NC3CC3)c2)cs1. The van der Waals surface area contributed by atoms with Crippen LogP contribution in [0.5, 0.6) is 0 Å². The van der Waals surface area contributed by atoms with Crippen LogP contribution in [0.15, 0.2) is 48.2 Å². The topological polar surface area (TPSA) is 84.0 Å². The molecule has 7 heteroatoms. The zero-order chi connectivity index (χ0) is 18.8. The molecule has 0 unspecified atom stereocenters. The Morgan fingerprint density at radius 1 is 1.15 bits per heavy atom. The van der Waals surface area contributed by atoms with Gasteiger partial charge in [-0.25, -0.2) is 0 Å². The summed E-state index contributed by atoms with van der Waals surface area (Å²) in [5, 5.41) is 7.82. The van der Waals surface area contributed by atoms with Crippen LogP contribution in [-0.4, -0.2) is 27.8 Å². The lowest BCUT2D eigenvalue weighted by atomic mass is 10.1. The van der Waals surface area contributed by atoms with E-state index in [2.05, 4.69) is 26.7 Å². The number of rotatable bonds is 5. The number of nitrogens with one attached hydrogen (secondary N) is 2. The number of aromatic nitrogens is 2. The lowest BCUT2D eigenvalue weighted by Gasteiger charge is -2.10. The zero-order valence-corrected chi connectivity index (χ0v) is 15.5. The van der Waals surface area contributed by atoms with Crippen molar-refractivity contribution in [1.82, 2.24) is 15.3 Å². The monoisotopic (exact) mass is 378 g/mol. The summed E-state index contributed by atoms with van der Waals surface area (Å²) < 4.78 is 0. The molecule has 3 heterocycles. The second-order valence-corrected chi connectivity index (χ2v) is 7.61. The highest BCUT2D eigenvalue weighted by Crippen LogP contribution is 2.31. The van der Waals surface area contributed by atoms with Gasteiger partial charge in [-0.15, -0.1) is 11.3 Å². The van der Waals surface area contributed by atoms with Gasteiger partial charge < -0.3 is 10.6 Å². The van der Waals surface area contributed by atoms with Crippen molar-refractivity contribution in [2.75, 3.05) is 5.32 Å². The maximum absolute atomic E-state index is 12.7. The average molecular weight is 378 g/mol. The van der Waals surface area contributed by atoms with E-state index in [0.717, 1.165) is 24.0 Å². The van der Waals surface area contributed by atoms with E-state index in [4.69, 9.17) is 0 Å². The van der Waals surface area contributed by atoms with Gasteiger partial charge in [0.1, 0.15) is 5.69 Å². The smallest absolute Gasteiger partial charge is 0.270 e. The van der Waals surface area contributed by atoms with Crippen molar-refractivity contribution < 1.29 is 9.59 Å². The number of carbonyl (C=O) groups is 2. The van der Waals surface area contributed by atoms with Gasteiger partial charge in [0, 0.05) is 34.4 Å². The van der Waals surface area contributed by atoms with Gasteiger partial charge in [0.05, 0.1) is 11.9 Å². The second-order valence-electron chi connectivity index (χ2n) is 6.50. The maximum atomic E-state index is 12.7. The zero-order valence-electron chi connectivity index (χ0n) is 14.7. The molecule has 0 spiro atoms. The molecule has 2 amide bonds. The minimum absolute atomic E-state index is 0.240. The van der Waals surface area contributed by atoms with Gasteiger partial charge in [-0.2, -0.15) is 0 Å². The molecule has 3 aromatic rings. The quantitative estimate of drug-likeness (QED) is 0.710. The third-order valence-corrected chi connectivity index (χ3v) is 5.14. The van der Waals surface area contributed by atoms with Gasteiger partial charge in [0.15, 0.2) is 0 Å². The van der Waals surface area contributed by atoms with Crippen LogP contribution in [0, 0.1) is 6.92 Å². The standard InChI is InChI=1S/C20H18N4O2S/c1-12-8-14(11-27-12)16-5-6-21-10-18(16)24-19(25)13-4-7-22-17(9-13)20(26)23-15-2-3-15/h4-11,15H,2-3H2,1H3,(H,23,26)(H,24,25). The number of pyridine rings is 2. The number of amides is 2. The van der Waals surface area contributed by atoms with Gasteiger partial charge >= 0.3 is 0 Å². The summed E-state index contributed by atoms with van der Waals surface area (Å²) in [5.41, 5.74) is 3.19. The largest absolute Gasteiger partial charge is 0.348 e. The van der Waals surface area contributed by atoms with E-state index in [1.165, 1.54) is 17.1 Å². The number of aryl methyl sites for hydroxylation is 1. The first-order valence-corrected chi connectivity index (χ1v) is 9.56. The van der Waals surface area contributed by atoms with Crippen LogP contribution in [0.3, 0.4) is 0 Å². The lowest BCUT2D eigenvalue weighted by Crippen LogP contribution is -2.26. The summed E-state index contributed by atoms with van der Waals surface area (Å²) in [6, 6.07) is 7.29. The first-order valence-electron chi connectivity index (χ1n) is 8.68. The van der Waals surface area contributed by atoms with Gasteiger partial charge in [0.2, 0.25) is 0 Å². The molecule has 2 N–H and O–H groups in total. The average Bonchev–Trinajstić information content (AvgIpc) is 3.39. The summed E-state index contributed by atoms with van der Waals surface area (Å²) in [6.07, 6.45) is 6.80. The van der Waals surface area contributed by atoms with E-state index in [0.29, 0.717) is 11.3 Å². The van der Waals surface area contributed by atoms with Crippen molar-refractivity contribution in [3.63, 3.8) is 0 Å². The Kier molecular flexibility index (Phi) is 4.68. The highest BCUT2D eigenvalue weighted by Gasteiger charge is 2.24. The van der Waals surface area contributed by atoms with Crippen LogP contribution in [0.2, 0.25) is 0 Å². The third kappa shape index (κ3) is 4.03. The van der Waals surface area contributed by atoms with Crippen LogP contribution < -0.4 is 10.6 Å². The molecule has 0 bridgehead atoms. The molecule has 4 rings (SSSR count). The number of carbonyl (C=O) groups excluding carboxylic acids is 2. The molecule has 6 nitrogen and oxygen atoms in total. The van der Waals surface area contributed by atoms with Crippen LogP contribution in [0.25, 0.3) is 11.1 Å². The van der Waals surface area contributed by atoms with Crippen LogP contribution in [0.1, 0.15) is 38.6 Å². The predicted molar refractivity (Wildman–Crippen MR) is 105 cm³/mol. The van der Waals surface area contributed by atoms with E-state index in [9.17, 15) is 9.59 Å². The van der Waals surface area contributed by atoms with E-state index in [1.807, 2.05) is 18.4 Å². The molecule has 136 valence electrons. The predicted octanol–water partition coefficient (Wildman–Crippen LogP) is 3.66. The van der Waals surface area contributed by atoms with Crippen molar-refractivity contribution in [2.45, 2.75) is 25.8 Å². The lowest BCUT2D eigenvalue weighted by molar-refractivity contribution is 0.0946. The van der Waals surface area contributed by atoms with Crippen LogP contribution in [0.4, 0.5) is 5.69 Å². The number of nitrogens with zero attached hydrogens (tertiary/aromatic N) is 2. The van der Waals surface area contributed by atoms with E-state index in [-0.39, 0.29) is 23.6 Å². The Hall–Kier alpha value is -3.06. The summed E-state index contributed by atoms with van der Waals surface area (Å²) in [5.74, 6) is -0.554. The van der Waals surface area contributed by atoms with Gasteiger partial charge in [0.25, 0.3) is 11.8 Å². The molecule has 0 radical (unpaired) electrons. The number of thiophene rings is 1. The van der Waals surface area contributed by atoms with E-state index < -0.39 is 0 Å². The molecular formula is C20H18N4O2S. The summed E-state index contributed by atoms with van der Waals surface area (Å²) in [6.45, 7) is 2.04. The normalized spacial score (nSPS) is 13.2. The van der Waals surface area contributed by atoms with Gasteiger partial charge in [-0.3, -0.25) is 19.6 Å². The highest BCUT2D eigenvalue weighted by molar-refractivity contribution is 7.10. The Bertz CT molecular complexity index is 1010. The Morgan fingerprint density at radius 2 is 2.00 bits per heavy atom. The molecule has 27 heavy (non-hydrogen) atoms. The van der Waals surface area contributed by atoms with Crippen molar-refractivity contribution >= 4 is 28.8 Å². The minimum atomic E-state index is -0.306. The fraction of sp³-hybridized carbons (Fsp3) is 0.200. The summed E-state index contributed by atoms with van der Waals surface area (Å²) in [7, 11) is 0. The van der Waals surface area contributed by atoms with Crippen molar-refractivity contribution in [1.29, 1.82) is 0 Å². The van der Waals surface area contributed by atoms with E-state index >= 15 is 0 Å². The van der Waals surface area contributed by atoms with Gasteiger partial charge in [-0.1, -0.05) is 0 Å². The summed E-state index contributed by atoms with van der Waals surface area (Å²) in [4.78, 5) is 34.3. The number of anilines is 1. The molecule has 3 aromatic heterocycles. The van der Waals surface area contributed by atoms with E-state index in [1.54, 1.807) is 29.8 Å². The fourth-order valence-corrected chi connectivity index (χ4v) is 3.41. The Morgan fingerprint density at radius 3 is 2.74 bits per heavy atom. The van der Waals surface area contributed by atoms with Crippen molar-refractivity contribution in [3.8, 4) is 11.1 Å². The minimum Gasteiger partial charge on any atom is -0.348 e. The first kappa shape index (κ1) is 17.4. The van der Waals surface area contributed by atoms with Crippen molar-refractivity contribution in [3.05, 3.63) is 64.4 Å². The first-order chi connectivity index (χ1) is 13.1. The summed E-state index contributed by atoms with van der Waals surface area (Å²) >= 11 is 1.65. The number of hydrogen-bond acceptors (Lipinski definition) is 5. The molecule has 1 fully saturated rings. The maximum Gasteiger partial charge on any atom is 0.270 e. The Labute approximate surface area is 160 Å². The fourth-order valence-electron chi connectivity index (χ4n) is 2.71. The number of hydrogen-bond donors (Lipinski definition) is 2. The van der Waals surface area contributed by atoms with Crippen LogP contribution in [-0.2, 0) is 0 Å². The molecule has 0 atom stereocenters.